The Balaban J connectivity index is 2.36. The Hall–Kier alpha value is -0.890. The van der Waals surface area contributed by atoms with E-state index in [9.17, 15) is 0 Å². The molecule has 1 unspecified atom stereocenters. The predicted molar refractivity (Wildman–Crippen MR) is 64.6 cm³/mol. The second-order valence-electron chi connectivity index (χ2n) is 4.13. The topological polar surface area (TPSA) is 38.9 Å². The first kappa shape index (κ1) is 12.2. The summed E-state index contributed by atoms with van der Waals surface area (Å²) in [7, 11) is 0. The van der Waals surface area contributed by atoms with Crippen LogP contribution in [0.25, 0.3) is 0 Å². The van der Waals surface area contributed by atoms with Gasteiger partial charge in [0.1, 0.15) is 0 Å². The second-order valence-corrected chi connectivity index (χ2v) is 4.13. The van der Waals surface area contributed by atoms with Crippen LogP contribution in [0.5, 0.6) is 0 Å². The molecule has 1 atom stereocenters. The van der Waals surface area contributed by atoms with E-state index in [1.807, 2.05) is 12.4 Å². The normalized spacial score (nSPS) is 13.1. The van der Waals surface area contributed by atoms with Gasteiger partial charge in [0.2, 0.25) is 0 Å². The summed E-state index contributed by atoms with van der Waals surface area (Å²) in [6.07, 6.45) is 8.22. The summed E-state index contributed by atoms with van der Waals surface area (Å²) in [6, 6.07) is 4.48. The lowest BCUT2D eigenvalue weighted by atomic mass is 9.91. The van der Waals surface area contributed by atoms with Crippen LogP contribution in [0.15, 0.2) is 24.5 Å². The summed E-state index contributed by atoms with van der Waals surface area (Å²) >= 11 is 0. The third kappa shape index (κ3) is 4.00. The molecule has 1 rings (SSSR count). The van der Waals surface area contributed by atoms with Crippen molar-refractivity contribution in [2.75, 3.05) is 0 Å². The van der Waals surface area contributed by atoms with Crippen molar-refractivity contribution in [1.29, 1.82) is 0 Å². The van der Waals surface area contributed by atoms with E-state index in [1.165, 1.54) is 18.4 Å². The molecule has 2 heteroatoms. The van der Waals surface area contributed by atoms with E-state index in [2.05, 4.69) is 31.0 Å². The average molecular weight is 206 g/mol. The number of hydrogen-bond donors (Lipinski definition) is 1. The molecular formula is C13H22N2. The Kier molecular flexibility index (Phi) is 5.33. The van der Waals surface area contributed by atoms with E-state index in [0.29, 0.717) is 12.0 Å². The predicted octanol–water partition coefficient (Wildman–Crippen LogP) is 2.78. The van der Waals surface area contributed by atoms with Gasteiger partial charge >= 0.3 is 0 Å². The van der Waals surface area contributed by atoms with Crippen molar-refractivity contribution in [3.8, 4) is 0 Å². The number of rotatable bonds is 6. The lowest BCUT2D eigenvalue weighted by Gasteiger charge is -2.20. The number of hydrogen-bond acceptors (Lipinski definition) is 2. The van der Waals surface area contributed by atoms with Crippen LogP contribution >= 0.6 is 0 Å². The summed E-state index contributed by atoms with van der Waals surface area (Å²) in [5.74, 6) is 0.673. The van der Waals surface area contributed by atoms with E-state index >= 15 is 0 Å². The Labute approximate surface area is 92.9 Å². The van der Waals surface area contributed by atoms with E-state index in [4.69, 9.17) is 5.73 Å². The van der Waals surface area contributed by atoms with Crippen molar-refractivity contribution in [3.05, 3.63) is 30.1 Å². The lowest BCUT2D eigenvalue weighted by molar-refractivity contribution is 0.378. The highest BCUT2D eigenvalue weighted by Gasteiger charge is 2.13. The molecule has 2 nitrogen and oxygen atoms in total. The molecule has 0 aliphatic heterocycles. The Morgan fingerprint density at radius 2 is 1.80 bits per heavy atom. The fourth-order valence-corrected chi connectivity index (χ4v) is 2.01. The highest BCUT2D eigenvalue weighted by atomic mass is 14.6. The van der Waals surface area contributed by atoms with Crippen LogP contribution in [-0.2, 0) is 6.42 Å². The number of aromatic nitrogens is 1. The Morgan fingerprint density at radius 3 is 2.33 bits per heavy atom. The minimum atomic E-state index is 0.341. The molecule has 0 spiro atoms. The molecule has 0 amide bonds. The number of nitrogens with zero attached hydrogens (tertiary/aromatic N) is 1. The van der Waals surface area contributed by atoms with Gasteiger partial charge in [0, 0.05) is 18.4 Å². The van der Waals surface area contributed by atoms with Crippen LogP contribution < -0.4 is 5.73 Å². The molecule has 84 valence electrons. The smallest absolute Gasteiger partial charge is 0.0270 e. The van der Waals surface area contributed by atoms with Crippen LogP contribution in [0.2, 0.25) is 0 Å². The zero-order chi connectivity index (χ0) is 11.1. The van der Waals surface area contributed by atoms with Gasteiger partial charge in [0.15, 0.2) is 0 Å². The summed E-state index contributed by atoms with van der Waals surface area (Å²) < 4.78 is 0. The zero-order valence-corrected chi connectivity index (χ0v) is 9.82. The van der Waals surface area contributed by atoms with E-state index < -0.39 is 0 Å². The summed E-state index contributed by atoms with van der Waals surface area (Å²) in [4.78, 5) is 4.01. The van der Waals surface area contributed by atoms with Crippen LogP contribution in [0.1, 0.15) is 38.7 Å². The molecule has 0 aliphatic rings. The van der Waals surface area contributed by atoms with Crippen molar-refractivity contribution < 1.29 is 0 Å². The minimum Gasteiger partial charge on any atom is -0.327 e. The van der Waals surface area contributed by atoms with Crippen molar-refractivity contribution in [2.24, 2.45) is 11.7 Å². The maximum Gasteiger partial charge on any atom is 0.0270 e. The van der Waals surface area contributed by atoms with Crippen molar-refractivity contribution in [2.45, 2.75) is 45.6 Å². The SMILES string of the molecule is CCC(CC)C(N)CCc1ccncc1. The first-order chi connectivity index (χ1) is 7.27. The summed E-state index contributed by atoms with van der Waals surface area (Å²) in [5, 5.41) is 0. The lowest BCUT2D eigenvalue weighted by Crippen LogP contribution is -2.29. The fourth-order valence-electron chi connectivity index (χ4n) is 2.01. The first-order valence-electron chi connectivity index (χ1n) is 5.92. The van der Waals surface area contributed by atoms with Gasteiger partial charge in [-0.2, -0.15) is 0 Å². The van der Waals surface area contributed by atoms with Gasteiger partial charge in [0.25, 0.3) is 0 Å². The molecule has 1 heterocycles. The molecule has 2 N–H and O–H groups in total. The van der Waals surface area contributed by atoms with Gasteiger partial charge in [-0.05, 0) is 36.5 Å². The molecule has 0 aliphatic carbocycles. The van der Waals surface area contributed by atoms with Crippen LogP contribution in [0.3, 0.4) is 0 Å². The maximum atomic E-state index is 6.17. The van der Waals surface area contributed by atoms with Crippen molar-refractivity contribution in [1.82, 2.24) is 4.98 Å². The van der Waals surface area contributed by atoms with E-state index in [-0.39, 0.29) is 0 Å². The molecule has 0 aromatic carbocycles. The van der Waals surface area contributed by atoms with Gasteiger partial charge in [-0.3, -0.25) is 4.98 Å². The molecule has 0 saturated heterocycles. The van der Waals surface area contributed by atoms with Gasteiger partial charge in [-0.15, -0.1) is 0 Å². The molecule has 1 aromatic heterocycles. The molecule has 0 saturated carbocycles. The number of aryl methyl sites for hydroxylation is 1. The quantitative estimate of drug-likeness (QED) is 0.777. The van der Waals surface area contributed by atoms with Gasteiger partial charge in [-0.1, -0.05) is 26.7 Å². The Bertz CT molecular complexity index is 254. The Morgan fingerprint density at radius 1 is 1.20 bits per heavy atom. The number of nitrogens with two attached hydrogens (primary N) is 1. The number of pyridine rings is 1. The molecule has 0 bridgehead atoms. The summed E-state index contributed by atoms with van der Waals surface area (Å²) in [5.41, 5.74) is 7.51. The first-order valence-corrected chi connectivity index (χ1v) is 5.92. The van der Waals surface area contributed by atoms with Crippen molar-refractivity contribution in [3.63, 3.8) is 0 Å². The average Bonchev–Trinajstić information content (AvgIpc) is 2.29. The van der Waals surface area contributed by atoms with Gasteiger partial charge < -0.3 is 5.73 Å². The maximum absolute atomic E-state index is 6.17. The zero-order valence-electron chi connectivity index (χ0n) is 9.82. The summed E-state index contributed by atoms with van der Waals surface area (Å²) in [6.45, 7) is 4.45. The van der Waals surface area contributed by atoms with Crippen molar-refractivity contribution >= 4 is 0 Å². The van der Waals surface area contributed by atoms with Crippen LogP contribution in [-0.4, -0.2) is 11.0 Å². The van der Waals surface area contributed by atoms with Crippen LogP contribution in [0.4, 0.5) is 0 Å². The molecule has 15 heavy (non-hydrogen) atoms. The van der Waals surface area contributed by atoms with Crippen LogP contribution in [0, 0.1) is 5.92 Å². The van der Waals surface area contributed by atoms with E-state index in [0.717, 1.165) is 12.8 Å². The standard InChI is InChI=1S/C13H22N2/c1-3-12(4-2)13(14)6-5-11-7-9-15-10-8-11/h7-10,12-13H,3-6,14H2,1-2H3. The molecule has 0 fully saturated rings. The minimum absolute atomic E-state index is 0.341. The van der Waals surface area contributed by atoms with Gasteiger partial charge in [-0.25, -0.2) is 0 Å². The third-order valence-electron chi connectivity index (χ3n) is 3.17. The monoisotopic (exact) mass is 206 g/mol. The highest BCUT2D eigenvalue weighted by molar-refractivity contribution is 5.09. The van der Waals surface area contributed by atoms with E-state index in [1.54, 1.807) is 0 Å². The molecule has 0 radical (unpaired) electrons. The second kappa shape index (κ2) is 6.57. The highest BCUT2D eigenvalue weighted by Crippen LogP contribution is 2.15. The third-order valence-corrected chi connectivity index (χ3v) is 3.17. The fraction of sp³-hybridized carbons (Fsp3) is 0.615. The van der Waals surface area contributed by atoms with Gasteiger partial charge in [0.05, 0.1) is 0 Å². The molecular weight excluding hydrogens is 184 g/mol. The largest absolute Gasteiger partial charge is 0.327 e. The molecule has 1 aromatic rings.